The van der Waals surface area contributed by atoms with Gasteiger partial charge in [-0.3, -0.25) is 4.79 Å². The summed E-state index contributed by atoms with van der Waals surface area (Å²) in [6, 6.07) is 5.28. The molecule has 10 atom stereocenters. The number of hydrogen-bond donors (Lipinski definition) is 11. The molecule has 2 aliphatic rings. The van der Waals surface area contributed by atoms with Gasteiger partial charge >= 0.3 is 0 Å². The van der Waals surface area contributed by atoms with Gasteiger partial charge in [0.05, 0.1) is 18.8 Å². The Balaban J connectivity index is 1.54. The number of phenols is 4. The highest BCUT2D eigenvalue weighted by molar-refractivity contribution is 5.89. The van der Waals surface area contributed by atoms with E-state index < -0.39 is 119 Å². The number of phenolic OH excluding ortho intramolecular Hbond substituents is 4. The number of fused-ring (bicyclic) bond motifs is 1. The number of rotatable bonds is 6. The SMILES string of the molecule is O=c1cc(-c2ccc(O)c(O)c2)oc2c([C@H]3O[C@@H](CO)[C@@H](O[C@H]4O[C@H](CO)[C@H](O)[C@H](O)[C@H]4O)[C@H](O)[C@@H]3O)c(O)cc(O)c12. The number of benzene rings is 2. The van der Waals surface area contributed by atoms with Crippen molar-refractivity contribution in [1.82, 2.24) is 0 Å². The van der Waals surface area contributed by atoms with Crippen LogP contribution in [0.3, 0.4) is 0 Å². The summed E-state index contributed by atoms with van der Waals surface area (Å²) >= 11 is 0. The van der Waals surface area contributed by atoms with Crippen molar-refractivity contribution in [3.63, 3.8) is 0 Å². The minimum Gasteiger partial charge on any atom is -0.507 e. The molecule has 3 aromatic rings. The molecule has 2 aliphatic heterocycles. The monoisotopic (exact) mass is 610 g/mol. The highest BCUT2D eigenvalue weighted by atomic mass is 16.7. The Morgan fingerprint density at radius 2 is 1.40 bits per heavy atom. The summed E-state index contributed by atoms with van der Waals surface area (Å²) < 4.78 is 22.4. The van der Waals surface area contributed by atoms with Crippen molar-refractivity contribution in [2.45, 2.75) is 61.2 Å². The smallest absolute Gasteiger partial charge is 0.197 e. The number of hydrogen-bond acceptors (Lipinski definition) is 16. The average Bonchev–Trinajstić information content (AvgIpc) is 2.97. The van der Waals surface area contributed by atoms with Crippen LogP contribution < -0.4 is 5.43 Å². The summed E-state index contributed by atoms with van der Waals surface area (Å²) in [5, 5.41) is 112. The van der Waals surface area contributed by atoms with Crippen molar-refractivity contribution in [3.8, 4) is 34.3 Å². The van der Waals surface area contributed by atoms with Gasteiger partial charge in [-0.1, -0.05) is 0 Å². The summed E-state index contributed by atoms with van der Waals surface area (Å²) in [5.74, 6) is -2.61. The van der Waals surface area contributed by atoms with Crippen molar-refractivity contribution < 1.29 is 74.8 Å². The minimum atomic E-state index is -1.98. The quantitative estimate of drug-likeness (QED) is 0.130. The van der Waals surface area contributed by atoms with E-state index in [0.29, 0.717) is 0 Å². The molecule has 0 unspecified atom stereocenters. The number of aliphatic hydroxyl groups is 7. The predicted molar refractivity (Wildman–Crippen MR) is 140 cm³/mol. The van der Waals surface area contributed by atoms with E-state index in [4.69, 9.17) is 18.6 Å². The van der Waals surface area contributed by atoms with Crippen LogP contribution in [0, 0.1) is 0 Å². The van der Waals surface area contributed by atoms with E-state index in [-0.39, 0.29) is 11.3 Å². The Morgan fingerprint density at radius 3 is 2.05 bits per heavy atom. The summed E-state index contributed by atoms with van der Waals surface area (Å²) in [6.45, 7) is -1.64. The third kappa shape index (κ3) is 5.38. The maximum atomic E-state index is 13.0. The maximum Gasteiger partial charge on any atom is 0.197 e. The van der Waals surface area contributed by atoms with Crippen LogP contribution in [0.2, 0.25) is 0 Å². The first-order valence-electron chi connectivity index (χ1n) is 13.0. The lowest BCUT2D eigenvalue weighted by Gasteiger charge is -2.46. The molecule has 0 radical (unpaired) electrons. The molecule has 0 amide bonds. The largest absolute Gasteiger partial charge is 0.507 e. The van der Waals surface area contributed by atoms with E-state index in [0.717, 1.165) is 24.3 Å². The molecule has 2 aromatic carbocycles. The highest BCUT2D eigenvalue weighted by Gasteiger charge is 2.51. The first-order valence-corrected chi connectivity index (χ1v) is 13.0. The Bertz CT molecular complexity index is 1540. The van der Waals surface area contributed by atoms with Crippen molar-refractivity contribution in [3.05, 3.63) is 46.1 Å². The Morgan fingerprint density at radius 1 is 0.698 bits per heavy atom. The zero-order valence-electron chi connectivity index (χ0n) is 22.0. The molecule has 2 fully saturated rings. The van der Waals surface area contributed by atoms with Crippen LogP contribution in [0.15, 0.2) is 39.5 Å². The molecule has 16 nitrogen and oxygen atoms in total. The molecular formula is C27H30O16. The predicted octanol–water partition coefficient (Wildman–Crippen LogP) is -2.38. The van der Waals surface area contributed by atoms with Gasteiger partial charge in [0.25, 0.3) is 0 Å². The number of aromatic hydroxyl groups is 4. The Hall–Kier alpha value is -3.55. The lowest BCUT2D eigenvalue weighted by Crippen LogP contribution is -2.63. The van der Waals surface area contributed by atoms with Crippen molar-refractivity contribution >= 4 is 11.0 Å². The molecular weight excluding hydrogens is 580 g/mol. The standard InChI is InChI=1S/C27H30O16/c28-6-15-19(35)20(36)23(39)27(42-15)43-24-16(7-29)41-26(22(38)21(24)37)18-12(33)4-11(32)17-13(34)5-14(40-25(17)18)8-1-2-9(30)10(31)3-8/h1-5,15-16,19-24,26-33,35-39H,6-7H2/t15-,16+,19+,20+,21-,22+,23-,24-,26-,27-/m1/s1. The fourth-order valence-electron chi connectivity index (χ4n) is 5.24. The molecule has 1 aromatic heterocycles. The van der Waals surface area contributed by atoms with Gasteiger partial charge in [0, 0.05) is 17.7 Å². The van der Waals surface area contributed by atoms with E-state index >= 15 is 0 Å². The molecule has 11 N–H and O–H groups in total. The van der Waals surface area contributed by atoms with E-state index in [1.807, 2.05) is 0 Å². The Kier molecular flexibility index (Phi) is 8.52. The normalized spacial score (nSPS) is 33.1. The number of ether oxygens (including phenoxy) is 3. The van der Waals surface area contributed by atoms with Gasteiger partial charge in [-0.05, 0) is 18.2 Å². The molecule has 43 heavy (non-hydrogen) atoms. The van der Waals surface area contributed by atoms with Gasteiger partial charge in [0.1, 0.15) is 77.6 Å². The van der Waals surface area contributed by atoms with Crippen molar-refractivity contribution in [1.29, 1.82) is 0 Å². The number of aliphatic hydroxyl groups excluding tert-OH is 7. The molecule has 0 saturated carbocycles. The zero-order chi connectivity index (χ0) is 31.3. The summed E-state index contributed by atoms with van der Waals surface area (Å²) in [6.07, 6.45) is -17.3. The molecule has 5 rings (SSSR count). The topological polar surface area (TPSA) is 280 Å². The lowest BCUT2D eigenvalue weighted by molar-refractivity contribution is -0.342. The highest BCUT2D eigenvalue weighted by Crippen LogP contribution is 2.44. The van der Waals surface area contributed by atoms with E-state index in [1.54, 1.807) is 0 Å². The molecule has 3 heterocycles. The van der Waals surface area contributed by atoms with E-state index in [2.05, 4.69) is 0 Å². The zero-order valence-corrected chi connectivity index (χ0v) is 22.0. The molecule has 0 aliphatic carbocycles. The van der Waals surface area contributed by atoms with Gasteiger partial charge in [-0.2, -0.15) is 0 Å². The molecule has 0 bridgehead atoms. The first kappa shape index (κ1) is 30.9. The van der Waals surface area contributed by atoms with Crippen LogP contribution in [0.5, 0.6) is 23.0 Å². The summed E-state index contributed by atoms with van der Waals surface area (Å²) in [5.41, 5.74) is -1.59. The van der Waals surface area contributed by atoms with Crippen LogP contribution in [0.1, 0.15) is 11.7 Å². The van der Waals surface area contributed by atoms with E-state index in [9.17, 15) is 61.0 Å². The molecule has 2 saturated heterocycles. The third-order valence-electron chi connectivity index (χ3n) is 7.55. The van der Waals surface area contributed by atoms with Crippen molar-refractivity contribution in [2.75, 3.05) is 13.2 Å². The van der Waals surface area contributed by atoms with Gasteiger partial charge < -0.3 is 74.8 Å². The van der Waals surface area contributed by atoms with Crippen LogP contribution >= 0.6 is 0 Å². The van der Waals surface area contributed by atoms with Gasteiger partial charge in [0.15, 0.2) is 28.8 Å². The van der Waals surface area contributed by atoms with Crippen LogP contribution in [0.4, 0.5) is 0 Å². The van der Waals surface area contributed by atoms with Gasteiger partial charge in [0.2, 0.25) is 0 Å². The Labute approximate surface area is 241 Å². The third-order valence-corrected chi connectivity index (χ3v) is 7.55. The molecule has 0 spiro atoms. The second-order valence-electron chi connectivity index (χ2n) is 10.3. The van der Waals surface area contributed by atoms with Crippen LogP contribution in [0.25, 0.3) is 22.3 Å². The second-order valence-corrected chi connectivity index (χ2v) is 10.3. The summed E-state index contributed by atoms with van der Waals surface area (Å²) in [4.78, 5) is 13.0. The van der Waals surface area contributed by atoms with Gasteiger partial charge in [-0.25, -0.2) is 0 Å². The van der Waals surface area contributed by atoms with E-state index in [1.165, 1.54) is 6.07 Å². The summed E-state index contributed by atoms with van der Waals surface area (Å²) in [7, 11) is 0. The van der Waals surface area contributed by atoms with Crippen LogP contribution in [-0.2, 0) is 14.2 Å². The fourth-order valence-corrected chi connectivity index (χ4v) is 5.24. The molecule has 16 heteroatoms. The maximum absolute atomic E-state index is 13.0. The minimum absolute atomic E-state index is 0.106. The second kappa shape index (κ2) is 11.9. The fraction of sp³-hybridized carbons (Fsp3) is 0.444. The molecule has 234 valence electrons. The lowest BCUT2D eigenvalue weighted by atomic mass is 9.89. The van der Waals surface area contributed by atoms with Gasteiger partial charge in [-0.15, -0.1) is 0 Å². The van der Waals surface area contributed by atoms with Crippen LogP contribution in [-0.4, -0.2) is 125 Å². The van der Waals surface area contributed by atoms with Crippen molar-refractivity contribution in [2.24, 2.45) is 0 Å². The first-order chi connectivity index (χ1) is 20.4. The average molecular weight is 611 g/mol.